The van der Waals surface area contributed by atoms with Gasteiger partial charge in [0.05, 0.1) is 11.6 Å². The second kappa shape index (κ2) is 4.33. The fourth-order valence-corrected chi connectivity index (χ4v) is 2.31. The van der Waals surface area contributed by atoms with Crippen molar-refractivity contribution >= 4 is 12.2 Å². The number of amides is 2. The first-order valence-electron chi connectivity index (χ1n) is 6.25. The molecule has 2 amide bonds. The van der Waals surface area contributed by atoms with E-state index in [1.165, 1.54) is 0 Å². The molecular formula is C12H20N2O4. The van der Waals surface area contributed by atoms with Gasteiger partial charge in [-0.25, -0.2) is 9.59 Å². The van der Waals surface area contributed by atoms with Crippen molar-refractivity contribution in [2.75, 3.05) is 6.61 Å². The van der Waals surface area contributed by atoms with Gasteiger partial charge in [0, 0.05) is 0 Å². The van der Waals surface area contributed by atoms with Crippen molar-refractivity contribution in [3.8, 4) is 0 Å². The zero-order valence-corrected chi connectivity index (χ0v) is 11.0. The molecule has 2 fully saturated rings. The minimum atomic E-state index is -0.523. The predicted molar refractivity (Wildman–Crippen MR) is 64.2 cm³/mol. The summed E-state index contributed by atoms with van der Waals surface area (Å²) in [6.07, 6.45) is 1.84. The van der Waals surface area contributed by atoms with Crippen LogP contribution in [0.3, 0.4) is 0 Å². The molecule has 6 heteroatoms. The van der Waals surface area contributed by atoms with Gasteiger partial charge in [0.15, 0.2) is 0 Å². The van der Waals surface area contributed by atoms with Crippen LogP contribution >= 0.6 is 0 Å². The standard InChI is InChI=1S/C12H20N2O4/c1-11(2,3)18-10(16)14-12(5-4-6-12)8-7-17-9(15)13-8/h8H,4-7H2,1-3H3,(H,13,15)(H,14,16). The number of carbonyl (C=O) groups is 2. The van der Waals surface area contributed by atoms with Crippen molar-refractivity contribution in [3.63, 3.8) is 0 Å². The molecule has 18 heavy (non-hydrogen) atoms. The molecule has 0 radical (unpaired) electrons. The molecule has 2 aliphatic rings. The SMILES string of the molecule is CC(C)(C)OC(=O)NC1(C2COC(=O)N2)CCC1. The lowest BCUT2D eigenvalue weighted by molar-refractivity contribution is 0.0322. The highest BCUT2D eigenvalue weighted by atomic mass is 16.6. The summed E-state index contributed by atoms with van der Waals surface area (Å²) in [5.41, 5.74) is -0.932. The van der Waals surface area contributed by atoms with Crippen LogP contribution in [0.5, 0.6) is 0 Å². The van der Waals surface area contributed by atoms with E-state index in [9.17, 15) is 9.59 Å². The fourth-order valence-electron chi connectivity index (χ4n) is 2.31. The maximum absolute atomic E-state index is 11.8. The van der Waals surface area contributed by atoms with Crippen molar-refractivity contribution in [1.29, 1.82) is 0 Å². The molecule has 2 N–H and O–H groups in total. The first kappa shape index (κ1) is 13.0. The van der Waals surface area contributed by atoms with Gasteiger partial charge >= 0.3 is 12.2 Å². The Morgan fingerprint density at radius 3 is 2.56 bits per heavy atom. The molecule has 0 aromatic heterocycles. The molecule has 1 aliphatic carbocycles. The lowest BCUT2D eigenvalue weighted by atomic mass is 9.72. The molecule has 0 aromatic rings. The van der Waals surface area contributed by atoms with Crippen LogP contribution in [0.1, 0.15) is 40.0 Å². The van der Waals surface area contributed by atoms with Gasteiger partial charge in [0.1, 0.15) is 12.2 Å². The summed E-state index contributed by atoms with van der Waals surface area (Å²) < 4.78 is 10.1. The average Bonchev–Trinajstić information content (AvgIpc) is 2.55. The van der Waals surface area contributed by atoms with E-state index in [0.717, 1.165) is 19.3 Å². The maximum atomic E-state index is 11.8. The van der Waals surface area contributed by atoms with Crippen molar-refractivity contribution in [1.82, 2.24) is 10.6 Å². The predicted octanol–water partition coefficient (Wildman–Crippen LogP) is 1.54. The molecule has 2 rings (SSSR count). The summed E-state index contributed by atoms with van der Waals surface area (Å²) in [5.74, 6) is 0. The smallest absolute Gasteiger partial charge is 0.408 e. The van der Waals surface area contributed by atoms with E-state index in [2.05, 4.69) is 10.6 Å². The molecule has 102 valence electrons. The van der Waals surface area contributed by atoms with Crippen molar-refractivity contribution in [3.05, 3.63) is 0 Å². The second-order valence-corrected chi connectivity index (χ2v) is 5.93. The Kier molecular flexibility index (Phi) is 3.12. The molecular weight excluding hydrogens is 236 g/mol. The van der Waals surface area contributed by atoms with Crippen LogP contribution in [0.4, 0.5) is 9.59 Å². The Morgan fingerprint density at radius 2 is 2.17 bits per heavy atom. The number of rotatable bonds is 2. The second-order valence-electron chi connectivity index (χ2n) is 5.93. The average molecular weight is 256 g/mol. The maximum Gasteiger partial charge on any atom is 0.408 e. The van der Waals surface area contributed by atoms with Crippen LogP contribution in [-0.2, 0) is 9.47 Å². The fraction of sp³-hybridized carbons (Fsp3) is 0.833. The third-order valence-electron chi connectivity index (χ3n) is 3.34. The molecule has 6 nitrogen and oxygen atoms in total. The number of hydrogen-bond acceptors (Lipinski definition) is 4. The lowest BCUT2D eigenvalue weighted by Gasteiger charge is -2.45. The van der Waals surface area contributed by atoms with Gasteiger partial charge in [-0.3, -0.25) is 0 Å². The quantitative estimate of drug-likeness (QED) is 0.785. The third kappa shape index (κ3) is 2.68. The monoisotopic (exact) mass is 256 g/mol. The normalized spacial score (nSPS) is 25.7. The lowest BCUT2D eigenvalue weighted by Crippen LogP contribution is -2.65. The number of carbonyl (C=O) groups excluding carboxylic acids is 2. The Balaban J connectivity index is 1.96. The zero-order chi connectivity index (χ0) is 13.4. The Labute approximate surface area is 106 Å². The minimum Gasteiger partial charge on any atom is -0.447 e. The first-order valence-corrected chi connectivity index (χ1v) is 6.25. The van der Waals surface area contributed by atoms with Crippen LogP contribution in [-0.4, -0.2) is 36.0 Å². The molecule has 1 saturated carbocycles. The van der Waals surface area contributed by atoms with Crippen molar-refractivity contribution < 1.29 is 19.1 Å². The van der Waals surface area contributed by atoms with E-state index in [4.69, 9.17) is 9.47 Å². The van der Waals surface area contributed by atoms with Gasteiger partial charge in [-0.1, -0.05) is 0 Å². The molecule has 0 bridgehead atoms. The number of alkyl carbamates (subject to hydrolysis) is 2. The highest BCUT2D eigenvalue weighted by Gasteiger charge is 2.49. The number of cyclic esters (lactones) is 1. The van der Waals surface area contributed by atoms with Crippen molar-refractivity contribution in [2.24, 2.45) is 0 Å². The topological polar surface area (TPSA) is 76.7 Å². The third-order valence-corrected chi connectivity index (χ3v) is 3.34. The van der Waals surface area contributed by atoms with Gasteiger partial charge in [-0.05, 0) is 40.0 Å². The summed E-state index contributed by atoms with van der Waals surface area (Å²) in [5, 5.41) is 5.63. The summed E-state index contributed by atoms with van der Waals surface area (Å²) in [4.78, 5) is 22.9. The van der Waals surface area contributed by atoms with Gasteiger partial charge in [-0.15, -0.1) is 0 Å². The van der Waals surface area contributed by atoms with Crippen LogP contribution in [0, 0.1) is 0 Å². The van der Waals surface area contributed by atoms with Crippen molar-refractivity contribution in [2.45, 2.75) is 57.2 Å². The van der Waals surface area contributed by atoms with E-state index in [1.54, 1.807) is 0 Å². The molecule has 1 saturated heterocycles. The van der Waals surface area contributed by atoms with Gasteiger partial charge in [0.25, 0.3) is 0 Å². The number of nitrogens with one attached hydrogen (secondary N) is 2. The molecule has 1 aliphatic heterocycles. The first-order chi connectivity index (χ1) is 8.31. The molecule has 0 aromatic carbocycles. The molecule has 1 heterocycles. The zero-order valence-electron chi connectivity index (χ0n) is 11.0. The Bertz CT molecular complexity index is 358. The molecule has 1 atom stereocenters. The van der Waals surface area contributed by atoms with E-state index < -0.39 is 23.3 Å². The number of hydrogen-bond donors (Lipinski definition) is 2. The van der Waals surface area contributed by atoms with E-state index in [0.29, 0.717) is 6.61 Å². The summed E-state index contributed by atoms with van der Waals surface area (Å²) >= 11 is 0. The molecule has 0 spiro atoms. The van der Waals surface area contributed by atoms with Crippen LogP contribution in [0.2, 0.25) is 0 Å². The summed E-state index contributed by atoms with van der Waals surface area (Å²) in [7, 11) is 0. The highest BCUT2D eigenvalue weighted by Crippen LogP contribution is 2.36. The minimum absolute atomic E-state index is 0.161. The van der Waals surface area contributed by atoms with Gasteiger partial charge < -0.3 is 20.1 Å². The van der Waals surface area contributed by atoms with Crippen LogP contribution in [0.25, 0.3) is 0 Å². The van der Waals surface area contributed by atoms with Crippen LogP contribution in [0.15, 0.2) is 0 Å². The number of ether oxygens (including phenoxy) is 2. The Hall–Kier alpha value is -1.46. The van der Waals surface area contributed by atoms with Crippen LogP contribution < -0.4 is 10.6 Å². The summed E-state index contributed by atoms with van der Waals surface area (Å²) in [6.45, 7) is 5.76. The molecule has 1 unspecified atom stereocenters. The van der Waals surface area contributed by atoms with E-state index in [-0.39, 0.29) is 6.04 Å². The Morgan fingerprint density at radius 1 is 1.50 bits per heavy atom. The largest absolute Gasteiger partial charge is 0.447 e. The highest BCUT2D eigenvalue weighted by molar-refractivity contribution is 5.72. The van der Waals surface area contributed by atoms with E-state index in [1.807, 2.05) is 20.8 Å². The van der Waals surface area contributed by atoms with Gasteiger partial charge in [-0.2, -0.15) is 0 Å². The van der Waals surface area contributed by atoms with E-state index >= 15 is 0 Å². The van der Waals surface area contributed by atoms with Gasteiger partial charge in [0.2, 0.25) is 0 Å². The summed E-state index contributed by atoms with van der Waals surface area (Å²) in [6, 6.07) is -0.161.